The van der Waals surface area contributed by atoms with Crippen molar-refractivity contribution in [1.82, 2.24) is 5.48 Å². The lowest BCUT2D eigenvalue weighted by molar-refractivity contribution is -0.131. The van der Waals surface area contributed by atoms with E-state index >= 15 is 0 Å². The molecule has 0 aromatic heterocycles. The van der Waals surface area contributed by atoms with Gasteiger partial charge in [-0.25, -0.2) is 5.48 Å². The number of nitrogens with one attached hydrogen (secondary N) is 1. The van der Waals surface area contributed by atoms with Gasteiger partial charge in [0.25, 0.3) is 0 Å². The summed E-state index contributed by atoms with van der Waals surface area (Å²) in [7, 11) is 1.37. The minimum Gasteiger partial charge on any atom is -0.303 e. The number of rotatable bonds is 5. The second-order valence-corrected chi connectivity index (χ2v) is 1.79. The van der Waals surface area contributed by atoms with Gasteiger partial charge in [-0.15, -0.1) is 0 Å². The van der Waals surface area contributed by atoms with E-state index < -0.39 is 0 Å². The molecule has 0 aliphatic rings. The topological polar surface area (TPSA) is 55.4 Å². The zero-order valence-corrected chi connectivity index (χ0v) is 5.92. The van der Waals surface area contributed by atoms with Crippen LogP contribution in [-0.2, 0) is 14.4 Å². The van der Waals surface area contributed by atoms with Crippen molar-refractivity contribution in [3.05, 3.63) is 0 Å². The quantitative estimate of drug-likeness (QED) is 0.337. The Bertz CT molecular complexity index is 114. The molecule has 0 unspecified atom stereocenters. The number of hydrogen-bond acceptors (Lipinski definition) is 3. The monoisotopic (exact) mass is 145 g/mol. The zero-order valence-electron chi connectivity index (χ0n) is 5.92. The molecule has 4 nitrogen and oxygen atoms in total. The summed E-state index contributed by atoms with van der Waals surface area (Å²) in [6.45, 7) is 0. The van der Waals surface area contributed by atoms with Gasteiger partial charge < -0.3 is 4.79 Å². The van der Waals surface area contributed by atoms with Crippen LogP contribution in [0.15, 0.2) is 0 Å². The van der Waals surface area contributed by atoms with Crippen molar-refractivity contribution in [2.24, 2.45) is 0 Å². The number of hydrogen-bond donors (Lipinski definition) is 1. The van der Waals surface area contributed by atoms with Crippen LogP contribution < -0.4 is 5.48 Å². The van der Waals surface area contributed by atoms with E-state index in [1.807, 2.05) is 0 Å². The zero-order chi connectivity index (χ0) is 7.82. The van der Waals surface area contributed by atoms with Crippen LogP contribution in [-0.4, -0.2) is 19.3 Å². The Morgan fingerprint density at radius 2 is 2.40 bits per heavy atom. The fourth-order valence-electron chi connectivity index (χ4n) is 0.511. The molecule has 1 amide bonds. The third-order valence-corrected chi connectivity index (χ3v) is 0.942. The number of carbonyl (C=O) groups is 2. The van der Waals surface area contributed by atoms with Crippen LogP contribution in [0.5, 0.6) is 0 Å². The maximum absolute atomic E-state index is 10.6. The maximum Gasteiger partial charge on any atom is 0.243 e. The molecule has 10 heavy (non-hydrogen) atoms. The largest absolute Gasteiger partial charge is 0.303 e. The summed E-state index contributed by atoms with van der Waals surface area (Å²) in [4.78, 5) is 24.7. The predicted octanol–water partition coefficient (Wildman–Crippen LogP) is 0.0332. The van der Waals surface area contributed by atoms with Gasteiger partial charge in [0.1, 0.15) is 6.29 Å². The summed E-state index contributed by atoms with van der Waals surface area (Å²) < 4.78 is 0. The van der Waals surface area contributed by atoms with Crippen LogP contribution in [0.1, 0.15) is 19.3 Å². The van der Waals surface area contributed by atoms with Gasteiger partial charge in [-0.2, -0.15) is 0 Å². The first-order valence-electron chi connectivity index (χ1n) is 3.06. The first kappa shape index (κ1) is 9.10. The van der Waals surface area contributed by atoms with E-state index in [0.717, 1.165) is 6.29 Å². The highest BCUT2D eigenvalue weighted by Gasteiger charge is 1.97. The highest BCUT2D eigenvalue weighted by molar-refractivity contribution is 5.74. The van der Waals surface area contributed by atoms with Gasteiger partial charge in [0.05, 0.1) is 7.11 Å². The summed E-state index contributed by atoms with van der Waals surface area (Å²) in [5.41, 5.74) is 2.15. The third kappa shape index (κ3) is 5.24. The first-order valence-corrected chi connectivity index (χ1v) is 3.06. The molecule has 4 heteroatoms. The number of aldehydes is 1. The Morgan fingerprint density at radius 3 is 2.90 bits per heavy atom. The number of unbranched alkanes of at least 4 members (excludes halogenated alkanes) is 1. The molecule has 0 aliphatic carbocycles. The van der Waals surface area contributed by atoms with Gasteiger partial charge in [0.2, 0.25) is 5.91 Å². The van der Waals surface area contributed by atoms with Crippen LogP contribution in [0.2, 0.25) is 0 Å². The van der Waals surface area contributed by atoms with Crippen molar-refractivity contribution in [3.63, 3.8) is 0 Å². The van der Waals surface area contributed by atoms with Gasteiger partial charge in [-0.1, -0.05) is 0 Å². The second-order valence-electron chi connectivity index (χ2n) is 1.79. The predicted molar refractivity (Wildman–Crippen MR) is 35.1 cm³/mol. The summed E-state index contributed by atoms with van der Waals surface area (Å²) in [5.74, 6) is -0.190. The molecule has 0 saturated carbocycles. The van der Waals surface area contributed by atoms with E-state index in [1.165, 1.54) is 7.11 Å². The SMILES string of the molecule is CONC(=O)CCCC=O. The van der Waals surface area contributed by atoms with Crippen LogP contribution in [0.3, 0.4) is 0 Å². The minimum absolute atomic E-state index is 0.190. The molecule has 0 aromatic carbocycles. The van der Waals surface area contributed by atoms with Crippen molar-refractivity contribution in [2.75, 3.05) is 7.11 Å². The Hall–Kier alpha value is -0.900. The van der Waals surface area contributed by atoms with E-state index in [1.54, 1.807) is 0 Å². The smallest absolute Gasteiger partial charge is 0.243 e. The molecule has 0 atom stereocenters. The number of hydroxylamine groups is 1. The van der Waals surface area contributed by atoms with Crippen molar-refractivity contribution >= 4 is 12.2 Å². The lowest BCUT2D eigenvalue weighted by Crippen LogP contribution is -2.21. The van der Waals surface area contributed by atoms with Crippen molar-refractivity contribution in [1.29, 1.82) is 0 Å². The summed E-state index contributed by atoms with van der Waals surface area (Å²) in [5, 5.41) is 0. The molecule has 0 heterocycles. The molecular weight excluding hydrogens is 134 g/mol. The van der Waals surface area contributed by atoms with Crippen LogP contribution in [0.4, 0.5) is 0 Å². The Kier molecular flexibility index (Phi) is 5.66. The van der Waals surface area contributed by atoms with Crippen LogP contribution in [0, 0.1) is 0 Å². The molecule has 0 rings (SSSR count). The number of amides is 1. The van der Waals surface area contributed by atoms with Gasteiger partial charge in [-0.05, 0) is 6.42 Å². The van der Waals surface area contributed by atoms with Crippen molar-refractivity contribution < 1.29 is 14.4 Å². The van der Waals surface area contributed by atoms with Gasteiger partial charge in [-0.3, -0.25) is 9.63 Å². The molecule has 1 N–H and O–H groups in total. The Balaban J connectivity index is 3.13. The molecule has 0 radical (unpaired) electrons. The van der Waals surface area contributed by atoms with E-state index in [-0.39, 0.29) is 5.91 Å². The molecule has 0 aromatic rings. The lowest BCUT2D eigenvalue weighted by atomic mass is 10.2. The van der Waals surface area contributed by atoms with Crippen LogP contribution in [0.25, 0.3) is 0 Å². The molecule has 0 spiro atoms. The normalized spacial score (nSPS) is 8.90. The highest BCUT2D eigenvalue weighted by atomic mass is 16.6. The van der Waals surface area contributed by atoms with Gasteiger partial charge >= 0.3 is 0 Å². The summed E-state index contributed by atoms with van der Waals surface area (Å²) in [6.07, 6.45) is 2.14. The highest BCUT2D eigenvalue weighted by Crippen LogP contribution is 1.90. The average molecular weight is 145 g/mol. The van der Waals surface area contributed by atoms with Crippen molar-refractivity contribution in [2.45, 2.75) is 19.3 Å². The molecule has 0 saturated heterocycles. The lowest BCUT2D eigenvalue weighted by Gasteiger charge is -1.98. The van der Waals surface area contributed by atoms with Gasteiger partial charge in [0, 0.05) is 12.8 Å². The Labute approximate surface area is 59.5 Å². The maximum atomic E-state index is 10.6. The summed E-state index contributed by atoms with van der Waals surface area (Å²) >= 11 is 0. The first-order chi connectivity index (χ1) is 4.81. The van der Waals surface area contributed by atoms with E-state index in [9.17, 15) is 9.59 Å². The third-order valence-electron chi connectivity index (χ3n) is 0.942. The fourth-order valence-corrected chi connectivity index (χ4v) is 0.511. The molecule has 0 aliphatic heterocycles. The molecule has 0 bridgehead atoms. The molecule has 58 valence electrons. The van der Waals surface area contributed by atoms with Crippen molar-refractivity contribution in [3.8, 4) is 0 Å². The van der Waals surface area contributed by atoms with E-state index in [4.69, 9.17) is 0 Å². The summed E-state index contributed by atoms with van der Waals surface area (Å²) in [6, 6.07) is 0. The second kappa shape index (κ2) is 6.22. The molecule has 0 fully saturated rings. The van der Waals surface area contributed by atoms with Crippen LogP contribution >= 0.6 is 0 Å². The van der Waals surface area contributed by atoms with E-state index in [0.29, 0.717) is 19.3 Å². The van der Waals surface area contributed by atoms with Gasteiger partial charge in [0.15, 0.2) is 0 Å². The Morgan fingerprint density at radius 1 is 1.70 bits per heavy atom. The standard InChI is InChI=1S/C6H11NO3/c1-10-7-6(9)4-2-3-5-8/h5H,2-4H2,1H3,(H,7,9). The fraction of sp³-hybridized carbons (Fsp3) is 0.667. The average Bonchev–Trinajstić information content (AvgIpc) is 1.89. The molecular formula is C6H11NO3. The number of carbonyl (C=O) groups excluding carboxylic acids is 2. The minimum atomic E-state index is -0.190. The van der Waals surface area contributed by atoms with E-state index in [2.05, 4.69) is 10.3 Å².